The molecule has 1 amide bonds. The van der Waals surface area contributed by atoms with Crippen LogP contribution in [0.15, 0.2) is 22.2 Å². The van der Waals surface area contributed by atoms with Crippen molar-refractivity contribution in [1.82, 2.24) is 14.5 Å². The lowest BCUT2D eigenvalue weighted by atomic mass is 9.92. The Morgan fingerprint density at radius 1 is 1.35 bits per heavy atom. The minimum absolute atomic E-state index is 0.0613. The van der Waals surface area contributed by atoms with Crippen molar-refractivity contribution in [1.29, 1.82) is 0 Å². The second-order valence-electron chi connectivity index (χ2n) is 6.82. The first-order valence-electron chi connectivity index (χ1n) is 8.58. The molecule has 0 N–H and O–H groups in total. The minimum Gasteiger partial charge on any atom is -0.337 e. The van der Waals surface area contributed by atoms with Gasteiger partial charge in [-0.1, -0.05) is 31.0 Å². The van der Waals surface area contributed by atoms with Crippen LogP contribution in [-0.2, 0) is 11.3 Å². The number of amides is 1. The lowest BCUT2D eigenvalue weighted by Crippen LogP contribution is -2.50. The summed E-state index contributed by atoms with van der Waals surface area (Å²) in [5.74, 6) is 0.796. The van der Waals surface area contributed by atoms with Gasteiger partial charge in [0.1, 0.15) is 0 Å². The van der Waals surface area contributed by atoms with Gasteiger partial charge < -0.3 is 4.90 Å². The van der Waals surface area contributed by atoms with Gasteiger partial charge in [0.25, 0.3) is 5.56 Å². The first-order chi connectivity index (χ1) is 11.1. The highest BCUT2D eigenvalue weighted by Gasteiger charge is 2.34. The molecule has 1 saturated carbocycles. The summed E-state index contributed by atoms with van der Waals surface area (Å²) in [6.45, 7) is 4.66. The number of thioether (sulfide) groups is 1. The molecule has 0 spiro atoms. The van der Waals surface area contributed by atoms with Crippen molar-refractivity contribution in [3.8, 4) is 0 Å². The normalized spacial score (nSPS) is 22.0. The van der Waals surface area contributed by atoms with Crippen molar-refractivity contribution < 1.29 is 4.79 Å². The Balaban J connectivity index is 1.78. The van der Waals surface area contributed by atoms with Gasteiger partial charge in [0.15, 0.2) is 5.16 Å². The zero-order valence-corrected chi connectivity index (χ0v) is 14.7. The summed E-state index contributed by atoms with van der Waals surface area (Å²) in [5.41, 5.74) is -0.0613. The highest BCUT2D eigenvalue weighted by molar-refractivity contribution is 7.99. The van der Waals surface area contributed by atoms with E-state index in [-0.39, 0.29) is 23.4 Å². The number of fused-ring (bicyclic) bond motifs is 1. The predicted octanol–water partition coefficient (Wildman–Crippen LogP) is 2.53. The summed E-state index contributed by atoms with van der Waals surface area (Å²) in [6.07, 6.45) is 7.49. The van der Waals surface area contributed by atoms with Crippen LogP contribution in [0.4, 0.5) is 0 Å². The predicted molar refractivity (Wildman–Crippen MR) is 91.6 cm³/mol. The molecule has 0 saturated heterocycles. The second kappa shape index (κ2) is 7.07. The van der Waals surface area contributed by atoms with Gasteiger partial charge >= 0.3 is 0 Å². The van der Waals surface area contributed by atoms with Crippen LogP contribution < -0.4 is 5.56 Å². The van der Waals surface area contributed by atoms with E-state index in [2.05, 4.69) is 23.7 Å². The SMILES string of the molecule is CC(C)N(C(=O)C1CSc2nccc(=O)n2C1)C1CCCCC1. The van der Waals surface area contributed by atoms with Gasteiger partial charge in [0.05, 0.1) is 5.92 Å². The summed E-state index contributed by atoms with van der Waals surface area (Å²) < 4.78 is 1.65. The molecule has 1 aliphatic heterocycles. The van der Waals surface area contributed by atoms with Crippen molar-refractivity contribution in [2.24, 2.45) is 5.92 Å². The average Bonchev–Trinajstić information content (AvgIpc) is 2.56. The van der Waals surface area contributed by atoms with E-state index in [0.717, 1.165) is 18.0 Å². The Hall–Kier alpha value is -1.30. The fraction of sp³-hybridized carbons (Fsp3) is 0.706. The molecule has 1 fully saturated rings. The quantitative estimate of drug-likeness (QED) is 0.797. The Kier molecular flexibility index (Phi) is 5.09. The van der Waals surface area contributed by atoms with E-state index in [1.807, 2.05) is 0 Å². The first kappa shape index (κ1) is 16.6. The van der Waals surface area contributed by atoms with Gasteiger partial charge in [-0.3, -0.25) is 14.2 Å². The number of rotatable bonds is 3. The van der Waals surface area contributed by atoms with Crippen molar-refractivity contribution in [3.63, 3.8) is 0 Å². The smallest absolute Gasteiger partial charge is 0.254 e. The highest BCUT2D eigenvalue weighted by atomic mass is 32.2. The van der Waals surface area contributed by atoms with Gasteiger partial charge in [-0.15, -0.1) is 0 Å². The van der Waals surface area contributed by atoms with Gasteiger partial charge in [0.2, 0.25) is 5.91 Å². The third-order valence-electron chi connectivity index (χ3n) is 4.84. The van der Waals surface area contributed by atoms with Crippen LogP contribution in [0.5, 0.6) is 0 Å². The number of carbonyl (C=O) groups is 1. The number of hydrogen-bond donors (Lipinski definition) is 0. The van der Waals surface area contributed by atoms with Gasteiger partial charge in [-0.05, 0) is 26.7 Å². The Bertz CT molecular complexity index is 623. The zero-order chi connectivity index (χ0) is 16.4. The lowest BCUT2D eigenvalue weighted by molar-refractivity contribution is -0.140. The molecule has 126 valence electrons. The standard InChI is InChI=1S/C17H25N3O2S/c1-12(2)20(14-6-4-3-5-7-14)16(22)13-10-19-15(21)8-9-18-17(19)23-11-13/h8-9,12-14H,3-7,10-11H2,1-2H3. The van der Waals surface area contributed by atoms with Crippen molar-refractivity contribution in [2.75, 3.05) is 5.75 Å². The monoisotopic (exact) mass is 335 g/mol. The molecule has 3 rings (SSSR count). The summed E-state index contributed by atoms with van der Waals surface area (Å²) in [5, 5.41) is 0.732. The van der Waals surface area contributed by atoms with E-state index in [1.54, 1.807) is 10.8 Å². The van der Waals surface area contributed by atoms with Crippen LogP contribution in [0, 0.1) is 5.92 Å². The molecule has 0 aromatic carbocycles. The summed E-state index contributed by atoms with van der Waals surface area (Å²) in [6, 6.07) is 2.05. The van der Waals surface area contributed by atoms with Crippen LogP contribution in [0.2, 0.25) is 0 Å². The Labute approximate surface area is 141 Å². The topological polar surface area (TPSA) is 55.2 Å². The molecule has 0 radical (unpaired) electrons. The van der Waals surface area contributed by atoms with Gasteiger partial charge in [-0.2, -0.15) is 0 Å². The Morgan fingerprint density at radius 2 is 2.09 bits per heavy atom. The van der Waals surface area contributed by atoms with E-state index in [1.165, 1.54) is 37.1 Å². The molecular formula is C17H25N3O2S. The van der Waals surface area contributed by atoms with Crippen LogP contribution in [-0.4, -0.2) is 38.2 Å². The molecule has 1 aromatic rings. The molecule has 5 nitrogen and oxygen atoms in total. The maximum atomic E-state index is 13.1. The number of nitrogens with zero attached hydrogens (tertiary/aromatic N) is 3. The Morgan fingerprint density at radius 3 is 2.78 bits per heavy atom. The molecule has 2 heterocycles. The molecule has 1 aliphatic carbocycles. The molecule has 2 aliphatic rings. The molecule has 6 heteroatoms. The summed E-state index contributed by atoms with van der Waals surface area (Å²) in [4.78, 5) is 31.5. The minimum atomic E-state index is -0.126. The number of hydrogen-bond acceptors (Lipinski definition) is 4. The largest absolute Gasteiger partial charge is 0.337 e. The third-order valence-corrected chi connectivity index (χ3v) is 6.00. The number of aromatic nitrogens is 2. The molecular weight excluding hydrogens is 310 g/mol. The van der Waals surface area contributed by atoms with Crippen LogP contribution in [0.1, 0.15) is 46.0 Å². The molecule has 23 heavy (non-hydrogen) atoms. The summed E-state index contributed by atoms with van der Waals surface area (Å²) >= 11 is 1.52. The van der Waals surface area contributed by atoms with Crippen LogP contribution in [0.3, 0.4) is 0 Å². The van der Waals surface area contributed by atoms with Crippen LogP contribution >= 0.6 is 11.8 Å². The van der Waals surface area contributed by atoms with E-state index >= 15 is 0 Å². The van der Waals surface area contributed by atoms with E-state index in [4.69, 9.17) is 0 Å². The van der Waals surface area contributed by atoms with Crippen molar-refractivity contribution >= 4 is 17.7 Å². The van der Waals surface area contributed by atoms with E-state index < -0.39 is 0 Å². The maximum absolute atomic E-state index is 13.1. The van der Waals surface area contributed by atoms with Gasteiger partial charge in [-0.25, -0.2) is 4.98 Å². The second-order valence-corrected chi connectivity index (χ2v) is 7.80. The summed E-state index contributed by atoms with van der Waals surface area (Å²) in [7, 11) is 0. The van der Waals surface area contributed by atoms with Gasteiger partial charge in [0, 0.05) is 36.6 Å². The first-order valence-corrected chi connectivity index (χ1v) is 9.57. The molecule has 1 atom stereocenters. The van der Waals surface area contributed by atoms with Crippen molar-refractivity contribution in [2.45, 2.75) is 69.7 Å². The average molecular weight is 335 g/mol. The van der Waals surface area contributed by atoms with Crippen LogP contribution in [0.25, 0.3) is 0 Å². The molecule has 1 unspecified atom stereocenters. The number of carbonyl (C=O) groups excluding carboxylic acids is 1. The van der Waals surface area contributed by atoms with E-state index in [0.29, 0.717) is 18.3 Å². The molecule has 0 bridgehead atoms. The van der Waals surface area contributed by atoms with E-state index in [9.17, 15) is 9.59 Å². The fourth-order valence-electron chi connectivity index (χ4n) is 3.73. The maximum Gasteiger partial charge on any atom is 0.254 e. The fourth-order valence-corrected chi connectivity index (χ4v) is 4.78. The molecule has 1 aromatic heterocycles. The highest BCUT2D eigenvalue weighted by Crippen LogP contribution is 2.30. The third kappa shape index (κ3) is 3.47. The van der Waals surface area contributed by atoms with Crippen molar-refractivity contribution in [3.05, 3.63) is 22.6 Å². The zero-order valence-electron chi connectivity index (χ0n) is 13.9. The lowest BCUT2D eigenvalue weighted by Gasteiger charge is -2.40.